The first-order chi connectivity index (χ1) is 8.68. The standard InChI is InChI=1S/C13H21NO4/c15-12(16)9-6-10-14-13(17)18-11-7-4-2-1-3-5-8-11/h1-2,11H,3-10H2,(H,14,17)(H,15,16). The van der Waals surface area contributed by atoms with Gasteiger partial charge in [-0.25, -0.2) is 4.79 Å². The van der Waals surface area contributed by atoms with Gasteiger partial charge in [0.05, 0.1) is 0 Å². The molecule has 5 heteroatoms. The lowest BCUT2D eigenvalue weighted by Crippen LogP contribution is -2.30. The molecule has 1 rings (SSSR count). The van der Waals surface area contributed by atoms with Crippen molar-refractivity contribution < 1.29 is 19.4 Å². The Morgan fingerprint density at radius 2 is 2.06 bits per heavy atom. The average Bonchev–Trinajstić information content (AvgIpc) is 2.28. The van der Waals surface area contributed by atoms with E-state index in [-0.39, 0.29) is 12.5 Å². The van der Waals surface area contributed by atoms with Crippen LogP contribution in [0.4, 0.5) is 4.79 Å². The lowest BCUT2D eigenvalue weighted by molar-refractivity contribution is -0.137. The monoisotopic (exact) mass is 255 g/mol. The fourth-order valence-electron chi connectivity index (χ4n) is 1.87. The lowest BCUT2D eigenvalue weighted by Gasteiger charge is -2.18. The maximum Gasteiger partial charge on any atom is 0.407 e. The maximum atomic E-state index is 11.5. The highest BCUT2D eigenvalue weighted by Gasteiger charge is 2.14. The SMILES string of the molecule is O=C(O)CCCNC(=O)OC1CCC=CCCC1. The third kappa shape index (κ3) is 6.93. The first-order valence-corrected chi connectivity index (χ1v) is 6.50. The summed E-state index contributed by atoms with van der Waals surface area (Å²) < 4.78 is 5.30. The summed E-state index contributed by atoms with van der Waals surface area (Å²) in [6, 6.07) is 0. The predicted molar refractivity (Wildman–Crippen MR) is 67.4 cm³/mol. The summed E-state index contributed by atoms with van der Waals surface area (Å²) in [5.74, 6) is -0.850. The van der Waals surface area contributed by atoms with E-state index in [1.54, 1.807) is 0 Å². The molecule has 0 spiro atoms. The number of rotatable bonds is 5. The molecule has 0 aromatic heterocycles. The van der Waals surface area contributed by atoms with Gasteiger partial charge in [0.25, 0.3) is 0 Å². The van der Waals surface area contributed by atoms with E-state index >= 15 is 0 Å². The summed E-state index contributed by atoms with van der Waals surface area (Å²) in [5.41, 5.74) is 0. The predicted octanol–water partition coefficient (Wildman–Crippen LogP) is 2.47. The van der Waals surface area contributed by atoms with Crippen LogP contribution in [0.3, 0.4) is 0 Å². The van der Waals surface area contributed by atoms with E-state index in [1.807, 2.05) is 0 Å². The van der Waals surface area contributed by atoms with Gasteiger partial charge in [0.15, 0.2) is 0 Å². The highest BCUT2D eigenvalue weighted by molar-refractivity contribution is 5.68. The molecule has 0 aliphatic heterocycles. The molecular weight excluding hydrogens is 234 g/mol. The van der Waals surface area contributed by atoms with E-state index in [4.69, 9.17) is 9.84 Å². The molecule has 0 bridgehead atoms. The smallest absolute Gasteiger partial charge is 0.407 e. The Labute approximate surface area is 107 Å². The molecule has 0 saturated carbocycles. The van der Waals surface area contributed by atoms with Crippen LogP contribution in [0.1, 0.15) is 44.9 Å². The van der Waals surface area contributed by atoms with Crippen LogP contribution >= 0.6 is 0 Å². The van der Waals surface area contributed by atoms with Crippen LogP contribution in [0.25, 0.3) is 0 Å². The Morgan fingerprint density at radius 1 is 1.28 bits per heavy atom. The fourth-order valence-corrected chi connectivity index (χ4v) is 1.87. The summed E-state index contributed by atoms with van der Waals surface area (Å²) in [4.78, 5) is 21.7. The van der Waals surface area contributed by atoms with Crippen molar-refractivity contribution in [2.45, 2.75) is 51.0 Å². The topological polar surface area (TPSA) is 75.6 Å². The molecule has 1 aliphatic carbocycles. The number of carboxylic acid groups (broad SMARTS) is 1. The first kappa shape index (κ1) is 14.5. The first-order valence-electron chi connectivity index (χ1n) is 6.50. The summed E-state index contributed by atoms with van der Waals surface area (Å²) in [6.07, 6.45) is 9.11. The number of carbonyl (C=O) groups is 2. The van der Waals surface area contributed by atoms with Gasteiger partial charge in [-0.3, -0.25) is 4.79 Å². The molecule has 1 amide bonds. The van der Waals surface area contributed by atoms with Gasteiger partial charge < -0.3 is 15.2 Å². The van der Waals surface area contributed by atoms with Crippen molar-refractivity contribution in [3.8, 4) is 0 Å². The fraction of sp³-hybridized carbons (Fsp3) is 0.692. The van der Waals surface area contributed by atoms with Crippen molar-refractivity contribution in [3.63, 3.8) is 0 Å². The third-order valence-electron chi connectivity index (χ3n) is 2.83. The normalized spacial score (nSPS) is 19.7. The van der Waals surface area contributed by atoms with Crippen LogP contribution in [-0.2, 0) is 9.53 Å². The van der Waals surface area contributed by atoms with Crippen LogP contribution in [0.2, 0.25) is 0 Å². The van der Waals surface area contributed by atoms with Gasteiger partial charge in [0.2, 0.25) is 0 Å². The zero-order valence-electron chi connectivity index (χ0n) is 10.6. The van der Waals surface area contributed by atoms with Gasteiger partial charge >= 0.3 is 12.1 Å². The van der Waals surface area contributed by atoms with Gasteiger partial charge in [-0.2, -0.15) is 0 Å². The Bertz CT molecular complexity index is 301. The molecule has 2 N–H and O–H groups in total. The van der Waals surface area contributed by atoms with Crippen molar-refractivity contribution in [3.05, 3.63) is 12.2 Å². The molecule has 0 fully saturated rings. The second-order valence-corrected chi connectivity index (χ2v) is 4.43. The van der Waals surface area contributed by atoms with Crippen LogP contribution < -0.4 is 5.32 Å². The third-order valence-corrected chi connectivity index (χ3v) is 2.83. The average molecular weight is 255 g/mol. The van der Waals surface area contributed by atoms with Crippen LogP contribution in [0, 0.1) is 0 Å². The maximum absolute atomic E-state index is 11.5. The van der Waals surface area contributed by atoms with E-state index in [2.05, 4.69) is 17.5 Å². The summed E-state index contributed by atoms with van der Waals surface area (Å²) in [7, 11) is 0. The van der Waals surface area contributed by atoms with E-state index in [0.717, 1.165) is 32.1 Å². The largest absolute Gasteiger partial charge is 0.481 e. The molecule has 0 radical (unpaired) electrons. The number of carbonyl (C=O) groups excluding carboxylic acids is 1. The minimum atomic E-state index is -0.850. The summed E-state index contributed by atoms with van der Waals surface area (Å²) in [6.45, 7) is 0.345. The number of carboxylic acids is 1. The van der Waals surface area contributed by atoms with Gasteiger partial charge in [-0.1, -0.05) is 12.2 Å². The van der Waals surface area contributed by atoms with Crippen molar-refractivity contribution in [1.29, 1.82) is 0 Å². The van der Waals surface area contributed by atoms with Gasteiger partial charge in [0, 0.05) is 13.0 Å². The molecular formula is C13H21NO4. The number of allylic oxidation sites excluding steroid dienone is 2. The highest BCUT2D eigenvalue weighted by atomic mass is 16.6. The molecule has 5 nitrogen and oxygen atoms in total. The number of aliphatic carboxylic acids is 1. The molecule has 0 aromatic rings. The summed E-state index contributed by atoms with van der Waals surface area (Å²) >= 11 is 0. The molecule has 1 atom stereocenters. The lowest BCUT2D eigenvalue weighted by atomic mass is 10.0. The van der Waals surface area contributed by atoms with Crippen molar-refractivity contribution in [2.24, 2.45) is 0 Å². The Kier molecular flexibility index (Phi) is 6.91. The van der Waals surface area contributed by atoms with Crippen LogP contribution in [-0.4, -0.2) is 29.8 Å². The zero-order chi connectivity index (χ0) is 13.2. The number of ether oxygens (including phenoxy) is 1. The van der Waals surface area contributed by atoms with Crippen LogP contribution in [0.5, 0.6) is 0 Å². The molecule has 1 aliphatic rings. The minimum Gasteiger partial charge on any atom is -0.481 e. The van der Waals surface area contributed by atoms with Crippen molar-refractivity contribution in [1.82, 2.24) is 5.32 Å². The Balaban J connectivity index is 2.14. The molecule has 18 heavy (non-hydrogen) atoms. The van der Waals surface area contributed by atoms with E-state index in [0.29, 0.717) is 13.0 Å². The molecule has 0 aromatic carbocycles. The van der Waals surface area contributed by atoms with E-state index in [9.17, 15) is 9.59 Å². The number of hydrogen-bond acceptors (Lipinski definition) is 3. The van der Waals surface area contributed by atoms with Gasteiger partial charge in [-0.15, -0.1) is 0 Å². The minimum absolute atomic E-state index is 0.0191. The highest BCUT2D eigenvalue weighted by Crippen LogP contribution is 2.15. The number of alkyl carbamates (subject to hydrolysis) is 1. The Morgan fingerprint density at radius 3 is 2.83 bits per heavy atom. The summed E-state index contributed by atoms with van der Waals surface area (Å²) in [5, 5.41) is 11.0. The molecule has 0 saturated heterocycles. The molecule has 0 heterocycles. The quantitative estimate of drug-likeness (QED) is 0.584. The second-order valence-electron chi connectivity index (χ2n) is 4.43. The zero-order valence-corrected chi connectivity index (χ0v) is 10.6. The van der Waals surface area contributed by atoms with Gasteiger partial charge in [-0.05, 0) is 38.5 Å². The number of amides is 1. The van der Waals surface area contributed by atoms with Crippen molar-refractivity contribution >= 4 is 12.1 Å². The second kappa shape index (κ2) is 8.55. The van der Waals surface area contributed by atoms with Gasteiger partial charge in [0.1, 0.15) is 6.10 Å². The molecule has 102 valence electrons. The van der Waals surface area contributed by atoms with Crippen LogP contribution in [0.15, 0.2) is 12.2 Å². The Hall–Kier alpha value is -1.52. The van der Waals surface area contributed by atoms with Crippen molar-refractivity contribution in [2.75, 3.05) is 6.54 Å². The van der Waals surface area contributed by atoms with E-state index in [1.165, 1.54) is 0 Å². The molecule has 1 unspecified atom stereocenters. The number of nitrogens with one attached hydrogen (secondary N) is 1. The van der Waals surface area contributed by atoms with E-state index < -0.39 is 12.1 Å². The number of hydrogen-bond donors (Lipinski definition) is 2.